The first kappa shape index (κ1) is 22.4. The van der Waals surface area contributed by atoms with Gasteiger partial charge in [0.15, 0.2) is 0 Å². The Hall–Kier alpha value is -4.76. The van der Waals surface area contributed by atoms with Crippen molar-refractivity contribution in [2.45, 2.75) is 6.42 Å². The molecule has 34 heavy (non-hydrogen) atoms. The highest BCUT2D eigenvalue weighted by Gasteiger charge is 2.13. The number of pyridine rings is 2. The standard InChI is InChI=1S/C28H21N3O3/c1-34-28(33)24-17-25(30-26(18-24)31-27(32)16-21-6-3-2-4-7-21)23-13-11-20(12-14-23)9-10-22-8-5-15-29-19-22/h2-8,11-15,17-19H,16H2,1H3,(H,30,31,32). The number of methoxy groups -OCH3 is 1. The molecule has 1 amide bonds. The molecule has 4 aromatic rings. The van der Waals surface area contributed by atoms with Gasteiger partial charge in [0.05, 0.1) is 24.8 Å². The zero-order chi connectivity index (χ0) is 23.8. The molecule has 0 unspecified atom stereocenters. The van der Waals surface area contributed by atoms with Gasteiger partial charge in [-0.15, -0.1) is 0 Å². The highest BCUT2D eigenvalue weighted by Crippen LogP contribution is 2.22. The van der Waals surface area contributed by atoms with E-state index in [2.05, 4.69) is 27.1 Å². The van der Waals surface area contributed by atoms with Gasteiger partial charge in [0.2, 0.25) is 5.91 Å². The maximum Gasteiger partial charge on any atom is 0.338 e. The van der Waals surface area contributed by atoms with E-state index in [0.717, 1.165) is 22.3 Å². The van der Waals surface area contributed by atoms with Crippen molar-refractivity contribution in [1.29, 1.82) is 0 Å². The van der Waals surface area contributed by atoms with E-state index in [0.29, 0.717) is 11.3 Å². The predicted molar refractivity (Wildman–Crippen MR) is 130 cm³/mol. The van der Waals surface area contributed by atoms with Gasteiger partial charge in [-0.2, -0.15) is 0 Å². The second kappa shape index (κ2) is 10.7. The Morgan fingerprint density at radius 1 is 0.912 bits per heavy atom. The molecular formula is C28H21N3O3. The van der Waals surface area contributed by atoms with Crippen molar-refractivity contribution in [3.8, 4) is 23.1 Å². The van der Waals surface area contributed by atoms with Gasteiger partial charge in [-0.25, -0.2) is 9.78 Å². The molecular weight excluding hydrogens is 426 g/mol. The molecule has 4 rings (SSSR count). The first-order valence-electron chi connectivity index (χ1n) is 10.6. The molecule has 0 fully saturated rings. The largest absolute Gasteiger partial charge is 0.465 e. The zero-order valence-electron chi connectivity index (χ0n) is 18.5. The number of anilines is 1. The molecule has 0 atom stereocenters. The molecule has 1 N–H and O–H groups in total. The fourth-order valence-corrected chi connectivity index (χ4v) is 3.25. The number of ether oxygens (including phenoxy) is 1. The first-order chi connectivity index (χ1) is 16.6. The molecule has 0 radical (unpaired) electrons. The number of aromatic nitrogens is 2. The molecule has 166 valence electrons. The van der Waals surface area contributed by atoms with Crippen LogP contribution in [-0.4, -0.2) is 29.0 Å². The summed E-state index contributed by atoms with van der Waals surface area (Å²) in [6.07, 6.45) is 3.61. The summed E-state index contributed by atoms with van der Waals surface area (Å²) in [5.41, 5.74) is 4.14. The number of nitrogens with one attached hydrogen (secondary N) is 1. The molecule has 0 saturated heterocycles. The Kier molecular flexibility index (Phi) is 7.06. The highest BCUT2D eigenvalue weighted by atomic mass is 16.5. The van der Waals surface area contributed by atoms with Crippen LogP contribution in [0.25, 0.3) is 11.3 Å². The van der Waals surface area contributed by atoms with Crippen LogP contribution in [-0.2, 0) is 16.0 Å². The Morgan fingerprint density at radius 3 is 2.38 bits per heavy atom. The van der Waals surface area contributed by atoms with E-state index < -0.39 is 5.97 Å². The lowest BCUT2D eigenvalue weighted by Crippen LogP contribution is -2.16. The van der Waals surface area contributed by atoms with Crippen LogP contribution < -0.4 is 5.32 Å². The number of esters is 1. The average molecular weight is 447 g/mol. The van der Waals surface area contributed by atoms with Gasteiger partial charge in [0.1, 0.15) is 5.82 Å². The molecule has 2 heterocycles. The van der Waals surface area contributed by atoms with Gasteiger partial charge < -0.3 is 10.1 Å². The van der Waals surface area contributed by atoms with E-state index in [1.54, 1.807) is 18.5 Å². The van der Waals surface area contributed by atoms with Gasteiger partial charge in [0, 0.05) is 29.1 Å². The summed E-state index contributed by atoms with van der Waals surface area (Å²) in [7, 11) is 1.31. The van der Waals surface area contributed by atoms with E-state index in [4.69, 9.17) is 4.74 Å². The normalized spacial score (nSPS) is 10.0. The predicted octanol–water partition coefficient (Wildman–Crippen LogP) is 4.51. The summed E-state index contributed by atoms with van der Waals surface area (Å²) in [5, 5.41) is 2.78. The third-order valence-electron chi connectivity index (χ3n) is 4.91. The average Bonchev–Trinajstić information content (AvgIpc) is 2.88. The summed E-state index contributed by atoms with van der Waals surface area (Å²) < 4.78 is 4.87. The van der Waals surface area contributed by atoms with Crippen LogP contribution in [0, 0.1) is 11.8 Å². The number of benzene rings is 2. The number of nitrogens with zero attached hydrogens (tertiary/aromatic N) is 2. The minimum atomic E-state index is -0.513. The molecule has 6 heteroatoms. The van der Waals surface area contributed by atoms with Gasteiger partial charge in [0.25, 0.3) is 0 Å². The summed E-state index contributed by atoms with van der Waals surface area (Å²) in [4.78, 5) is 33.3. The lowest BCUT2D eigenvalue weighted by Gasteiger charge is -2.10. The van der Waals surface area contributed by atoms with Crippen LogP contribution >= 0.6 is 0 Å². The quantitative estimate of drug-likeness (QED) is 0.360. The van der Waals surface area contributed by atoms with Crippen LogP contribution in [0.2, 0.25) is 0 Å². The third-order valence-corrected chi connectivity index (χ3v) is 4.91. The molecule has 0 saturated carbocycles. The van der Waals surface area contributed by atoms with Gasteiger partial charge in [-0.3, -0.25) is 9.78 Å². The second-order valence-corrected chi connectivity index (χ2v) is 7.40. The Balaban J connectivity index is 1.57. The van der Waals surface area contributed by atoms with Gasteiger partial charge >= 0.3 is 5.97 Å². The summed E-state index contributed by atoms with van der Waals surface area (Å²) in [6.45, 7) is 0. The topological polar surface area (TPSA) is 81.2 Å². The van der Waals surface area contributed by atoms with Gasteiger partial charge in [-0.1, -0.05) is 54.3 Å². The number of rotatable bonds is 5. The minimum Gasteiger partial charge on any atom is -0.465 e. The maximum atomic E-state index is 12.5. The minimum absolute atomic E-state index is 0.199. The van der Waals surface area contributed by atoms with Crippen LogP contribution in [0.4, 0.5) is 5.82 Å². The van der Waals surface area contributed by atoms with Crippen molar-refractivity contribution in [3.05, 3.63) is 114 Å². The van der Waals surface area contributed by atoms with Crippen LogP contribution in [0.3, 0.4) is 0 Å². The summed E-state index contributed by atoms with van der Waals surface area (Å²) in [6, 6.07) is 23.8. The zero-order valence-corrected chi connectivity index (χ0v) is 18.5. The van der Waals surface area contributed by atoms with Gasteiger partial charge in [-0.05, 0) is 42.0 Å². The number of amides is 1. The van der Waals surface area contributed by atoms with Crippen LogP contribution in [0.15, 0.2) is 91.3 Å². The number of hydrogen-bond donors (Lipinski definition) is 1. The van der Waals surface area contributed by atoms with E-state index in [-0.39, 0.29) is 18.1 Å². The number of carbonyl (C=O) groups excluding carboxylic acids is 2. The summed E-state index contributed by atoms with van der Waals surface area (Å²) in [5.74, 6) is 5.70. The molecule has 0 aliphatic heterocycles. The first-order valence-corrected chi connectivity index (χ1v) is 10.6. The van der Waals surface area contributed by atoms with Crippen molar-refractivity contribution in [3.63, 3.8) is 0 Å². The number of hydrogen-bond acceptors (Lipinski definition) is 5. The van der Waals surface area contributed by atoms with E-state index in [1.807, 2.05) is 66.7 Å². The van der Waals surface area contributed by atoms with Crippen molar-refractivity contribution in [2.75, 3.05) is 12.4 Å². The molecule has 0 aliphatic rings. The lowest BCUT2D eigenvalue weighted by molar-refractivity contribution is -0.115. The van der Waals surface area contributed by atoms with E-state index >= 15 is 0 Å². The highest BCUT2D eigenvalue weighted by molar-refractivity contribution is 5.95. The third kappa shape index (κ3) is 5.93. The fraction of sp³-hybridized carbons (Fsp3) is 0.0714. The molecule has 2 aromatic heterocycles. The van der Waals surface area contributed by atoms with Crippen LogP contribution in [0.1, 0.15) is 27.0 Å². The van der Waals surface area contributed by atoms with Crippen molar-refractivity contribution in [2.24, 2.45) is 0 Å². The SMILES string of the molecule is COC(=O)c1cc(NC(=O)Cc2ccccc2)nc(-c2ccc(C#Cc3cccnc3)cc2)c1. The van der Waals surface area contributed by atoms with E-state index in [1.165, 1.54) is 13.2 Å². The molecule has 6 nitrogen and oxygen atoms in total. The molecule has 0 spiro atoms. The van der Waals surface area contributed by atoms with Crippen molar-refractivity contribution >= 4 is 17.7 Å². The number of carbonyl (C=O) groups is 2. The van der Waals surface area contributed by atoms with E-state index in [9.17, 15) is 9.59 Å². The Labute approximate surface area is 197 Å². The fourth-order valence-electron chi connectivity index (χ4n) is 3.25. The maximum absolute atomic E-state index is 12.5. The Bertz CT molecular complexity index is 1360. The summed E-state index contributed by atoms with van der Waals surface area (Å²) >= 11 is 0. The second-order valence-electron chi connectivity index (χ2n) is 7.40. The molecule has 0 aliphatic carbocycles. The van der Waals surface area contributed by atoms with Crippen LogP contribution in [0.5, 0.6) is 0 Å². The molecule has 2 aromatic carbocycles. The van der Waals surface area contributed by atoms with Crippen molar-refractivity contribution in [1.82, 2.24) is 9.97 Å². The van der Waals surface area contributed by atoms with Crippen molar-refractivity contribution < 1.29 is 14.3 Å². The monoisotopic (exact) mass is 447 g/mol. The molecule has 0 bridgehead atoms. The lowest BCUT2D eigenvalue weighted by atomic mass is 10.1. The smallest absolute Gasteiger partial charge is 0.338 e. The Morgan fingerprint density at radius 2 is 1.68 bits per heavy atom.